The monoisotopic (exact) mass is 526 g/mol. The molecular weight excluding hydrogens is 500 g/mol. The summed E-state index contributed by atoms with van der Waals surface area (Å²) in [5.41, 5.74) is 1.82. The third-order valence-electron chi connectivity index (χ3n) is 4.88. The number of carbonyl (C=O) groups is 1. The van der Waals surface area contributed by atoms with Crippen LogP contribution >= 0.6 is 11.8 Å². The molecule has 194 valence electrons. The first kappa shape index (κ1) is 27.5. The van der Waals surface area contributed by atoms with E-state index in [-0.39, 0.29) is 18.3 Å². The lowest BCUT2D eigenvalue weighted by atomic mass is 10.1. The molecule has 0 saturated heterocycles. The second kappa shape index (κ2) is 12.7. The van der Waals surface area contributed by atoms with Gasteiger partial charge in [0, 0.05) is 17.8 Å². The number of halogens is 4. The van der Waals surface area contributed by atoms with E-state index < -0.39 is 19.0 Å². The number of rotatable bonds is 13. The Labute approximate surface area is 210 Å². The first-order chi connectivity index (χ1) is 17.2. The van der Waals surface area contributed by atoms with Gasteiger partial charge in [0.15, 0.2) is 11.0 Å². The van der Waals surface area contributed by atoms with E-state index in [0.29, 0.717) is 40.9 Å². The first-order valence-electron chi connectivity index (χ1n) is 11.1. The average Bonchev–Trinajstić information content (AvgIpc) is 3.27. The van der Waals surface area contributed by atoms with Crippen molar-refractivity contribution in [1.29, 1.82) is 0 Å². The number of thioether (sulfide) groups is 1. The van der Waals surface area contributed by atoms with Gasteiger partial charge in [0.2, 0.25) is 5.91 Å². The summed E-state index contributed by atoms with van der Waals surface area (Å²) < 4.78 is 62.7. The number of benzene rings is 2. The molecule has 0 spiro atoms. The third kappa shape index (κ3) is 7.44. The topological polar surface area (TPSA) is 78.3 Å². The van der Waals surface area contributed by atoms with Gasteiger partial charge in [-0.05, 0) is 49.7 Å². The predicted octanol–water partition coefficient (Wildman–Crippen LogP) is 5.51. The molecule has 1 N–H and O–H groups in total. The van der Waals surface area contributed by atoms with Crippen molar-refractivity contribution in [2.24, 2.45) is 0 Å². The lowest BCUT2D eigenvalue weighted by Gasteiger charge is -2.15. The van der Waals surface area contributed by atoms with Crippen LogP contribution in [0.25, 0.3) is 11.4 Å². The lowest BCUT2D eigenvalue weighted by molar-refractivity contribution is -0.168. The number of anilines is 1. The minimum Gasteiger partial charge on any atom is -0.494 e. The van der Waals surface area contributed by atoms with Crippen molar-refractivity contribution in [1.82, 2.24) is 14.8 Å². The van der Waals surface area contributed by atoms with Crippen molar-refractivity contribution >= 4 is 23.4 Å². The van der Waals surface area contributed by atoms with Gasteiger partial charge in [-0.2, -0.15) is 8.78 Å². The van der Waals surface area contributed by atoms with Crippen LogP contribution in [0.4, 0.5) is 23.2 Å². The van der Waals surface area contributed by atoms with Crippen LogP contribution in [-0.4, -0.2) is 52.0 Å². The zero-order valence-electron chi connectivity index (χ0n) is 19.7. The number of alkyl halides is 4. The summed E-state index contributed by atoms with van der Waals surface area (Å²) in [5, 5.41) is 11.8. The van der Waals surface area contributed by atoms with Gasteiger partial charge in [-0.3, -0.25) is 4.79 Å². The molecule has 0 aliphatic heterocycles. The Morgan fingerprint density at radius 3 is 2.56 bits per heavy atom. The van der Waals surface area contributed by atoms with Crippen molar-refractivity contribution < 1.29 is 31.8 Å². The highest BCUT2D eigenvalue weighted by atomic mass is 32.2. The molecule has 3 rings (SSSR count). The van der Waals surface area contributed by atoms with Gasteiger partial charge in [-0.25, -0.2) is 8.78 Å². The van der Waals surface area contributed by atoms with E-state index in [2.05, 4.69) is 15.5 Å². The summed E-state index contributed by atoms with van der Waals surface area (Å²) in [6.45, 7) is 3.23. The van der Waals surface area contributed by atoms with E-state index in [1.54, 1.807) is 48.5 Å². The normalized spacial score (nSPS) is 11.6. The quantitative estimate of drug-likeness (QED) is 0.234. The highest BCUT2D eigenvalue weighted by Gasteiger charge is 2.40. The van der Waals surface area contributed by atoms with E-state index in [1.807, 2.05) is 18.4 Å². The van der Waals surface area contributed by atoms with Crippen LogP contribution < -0.4 is 10.1 Å². The molecule has 0 aliphatic carbocycles. The molecule has 1 amide bonds. The number of ether oxygens (including phenoxy) is 2. The molecular formula is C24H26F4N4O3S. The molecule has 0 radical (unpaired) electrons. The first-order valence-corrected chi connectivity index (χ1v) is 12.1. The smallest absolute Gasteiger partial charge is 0.330 e. The van der Waals surface area contributed by atoms with Gasteiger partial charge in [-0.1, -0.05) is 30.0 Å². The molecule has 1 aromatic heterocycles. The number of aromatic nitrogens is 3. The zero-order chi connectivity index (χ0) is 26.1. The Morgan fingerprint density at radius 1 is 1.14 bits per heavy atom. The molecule has 2 aromatic carbocycles. The molecule has 0 fully saturated rings. The van der Waals surface area contributed by atoms with Crippen LogP contribution in [-0.2, 0) is 22.7 Å². The van der Waals surface area contributed by atoms with Crippen LogP contribution in [0, 0.1) is 0 Å². The van der Waals surface area contributed by atoms with Gasteiger partial charge >= 0.3 is 12.3 Å². The van der Waals surface area contributed by atoms with Gasteiger partial charge in [0.1, 0.15) is 12.4 Å². The molecule has 3 aromatic rings. The summed E-state index contributed by atoms with van der Waals surface area (Å²) in [6, 6.07) is 13.8. The van der Waals surface area contributed by atoms with Crippen molar-refractivity contribution in [3.05, 3.63) is 54.1 Å². The number of hydrogen-bond donors (Lipinski definition) is 1. The van der Waals surface area contributed by atoms with E-state index in [9.17, 15) is 22.4 Å². The Balaban J connectivity index is 1.61. The summed E-state index contributed by atoms with van der Waals surface area (Å²) in [4.78, 5) is 12.4. The fraction of sp³-hybridized carbons (Fsp3) is 0.375. The SMILES string of the molecule is CCOc1ccc(NC(=O)CSc2nnc(-c3cccc(COCC(F)(F)C(F)F)c3)n2CC)cc1. The minimum absolute atomic E-state index is 0.109. The summed E-state index contributed by atoms with van der Waals surface area (Å²) in [6.07, 6.45) is -3.79. The lowest BCUT2D eigenvalue weighted by Crippen LogP contribution is -2.32. The standard InChI is InChI=1S/C24H26F4N4O3S/c1-3-32-21(17-7-5-6-16(12-17)13-34-15-24(27,28)22(25)26)30-31-23(32)36-14-20(33)29-18-8-10-19(11-9-18)35-4-2/h5-12,22H,3-4,13-15H2,1-2H3,(H,29,33). The zero-order valence-corrected chi connectivity index (χ0v) is 20.5. The van der Waals surface area contributed by atoms with Crippen molar-refractivity contribution in [3.63, 3.8) is 0 Å². The Hall–Kier alpha value is -3.12. The van der Waals surface area contributed by atoms with Gasteiger partial charge < -0.3 is 19.4 Å². The molecule has 0 bridgehead atoms. The molecule has 12 heteroatoms. The summed E-state index contributed by atoms with van der Waals surface area (Å²) in [7, 11) is 0. The number of nitrogens with one attached hydrogen (secondary N) is 1. The predicted molar refractivity (Wildman–Crippen MR) is 129 cm³/mol. The second-order valence-corrected chi connectivity index (χ2v) is 8.54. The fourth-order valence-corrected chi connectivity index (χ4v) is 3.99. The van der Waals surface area contributed by atoms with Gasteiger partial charge in [0.25, 0.3) is 0 Å². The highest BCUT2D eigenvalue weighted by Crippen LogP contribution is 2.26. The Morgan fingerprint density at radius 2 is 1.89 bits per heavy atom. The summed E-state index contributed by atoms with van der Waals surface area (Å²) in [5.74, 6) is -3.07. The van der Waals surface area contributed by atoms with Crippen LogP contribution in [0.3, 0.4) is 0 Å². The van der Waals surface area contributed by atoms with E-state index in [0.717, 1.165) is 5.75 Å². The Kier molecular flexibility index (Phi) is 9.71. The van der Waals surface area contributed by atoms with Gasteiger partial charge in [0.05, 0.1) is 19.0 Å². The number of nitrogens with zero attached hydrogens (tertiary/aromatic N) is 3. The largest absolute Gasteiger partial charge is 0.494 e. The molecule has 0 saturated carbocycles. The second-order valence-electron chi connectivity index (χ2n) is 7.60. The van der Waals surface area contributed by atoms with Crippen molar-refractivity contribution in [2.75, 3.05) is 24.3 Å². The van der Waals surface area contributed by atoms with E-state index in [1.165, 1.54) is 11.8 Å². The molecule has 1 heterocycles. The number of hydrogen-bond acceptors (Lipinski definition) is 6. The number of carbonyl (C=O) groups excluding carboxylic acids is 1. The van der Waals surface area contributed by atoms with Crippen LogP contribution in [0.5, 0.6) is 5.75 Å². The Bertz CT molecular complexity index is 1140. The van der Waals surface area contributed by atoms with E-state index in [4.69, 9.17) is 9.47 Å². The van der Waals surface area contributed by atoms with Crippen molar-refractivity contribution in [2.45, 2.75) is 44.5 Å². The molecule has 7 nitrogen and oxygen atoms in total. The maximum Gasteiger partial charge on any atom is 0.330 e. The van der Waals surface area contributed by atoms with E-state index >= 15 is 0 Å². The summed E-state index contributed by atoms with van der Waals surface area (Å²) >= 11 is 1.22. The maximum atomic E-state index is 13.1. The third-order valence-corrected chi connectivity index (χ3v) is 5.85. The molecule has 0 atom stereocenters. The maximum absolute atomic E-state index is 13.1. The molecule has 0 aliphatic rings. The van der Waals surface area contributed by atoms with Crippen LogP contribution in [0.1, 0.15) is 19.4 Å². The molecule has 0 unspecified atom stereocenters. The van der Waals surface area contributed by atoms with Gasteiger partial charge in [-0.15, -0.1) is 10.2 Å². The average molecular weight is 527 g/mol. The molecule has 36 heavy (non-hydrogen) atoms. The number of amides is 1. The van der Waals surface area contributed by atoms with Crippen LogP contribution in [0.15, 0.2) is 53.7 Å². The minimum atomic E-state index is -4.20. The van der Waals surface area contributed by atoms with Crippen LogP contribution in [0.2, 0.25) is 0 Å². The van der Waals surface area contributed by atoms with Crippen molar-refractivity contribution in [3.8, 4) is 17.1 Å². The fourth-order valence-electron chi connectivity index (χ4n) is 3.19. The highest BCUT2D eigenvalue weighted by molar-refractivity contribution is 7.99.